The van der Waals surface area contributed by atoms with Crippen molar-refractivity contribution in [2.24, 2.45) is 13.0 Å². The predicted octanol–water partition coefficient (Wildman–Crippen LogP) is 2.19. The van der Waals surface area contributed by atoms with Crippen LogP contribution in [0.15, 0.2) is 36.8 Å². The standard InChI is InChI=1S/C18H21N5O2/c1-23-8-7-20-17(23)15-13(5-3-9-25-15)11-21-18(24)14-10-12-4-2-6-19-16(12)22-14/h2,4,6-8,10,13,15H,3,5,9,11H2,1H3,(H,19,22)(H,21,24)/t13-,15+/m0/s1. The Morgan fingerprint density at radius 2 is 2.36 bits per heavy atom. The summed E-state index contributed by atoms with van der Waals surface area (Å²) in [5.74, 6) is 0.997. The molecule has 3 aromatic heterocycles. The van der Waals surface area contributed by atoms with Gasteiger partial charge in [-0.25, -0.2) is 9.97 Å². The normalized spacial score (nSPS) is 20.7. The van der Waals surface area contributed by atoms with Gasteiger partial charge in [-0.05, 0) is 31.0 Å². The molecular formula is C18H21N5O2. The fraction of sp³-hybridized carbons (Fsp3) is 0.389. The zero-order valence-electron chi connectivity index (χ0n) is 14.1. The average molecular weight is 339 g/mol. The van der Waals surface area contributed by atoms with Crippen LogP contribution in [0, 0.1) is 5.92 Å². The fourth-order valence-corrected chi connectivity index (χ4v) is 3.39. The number of hydrogen-bond acceptors (Lipinski definition) is 4. The lowest BCUT2D eigenvalue weighted by Gasteiger charge is -2.31. The summed E-state index contributed by atoms with van der Waals surface area (Å²) < 4.78 is 7.93. The number of pyridine rings is 1. The van der Waals surface area contributed by atoms with Gasteiger partial charge in [0.1, 0.15) is 23.3 Å². The van der Waals surface area contributed by atoms with Crippen molar-refractivity contribution in [2.45, 2.75) is 18.9 Å². The Balaban J connectivity index is 1.45. The van der Waals surface area contributed by atoms with Gasteiger partial charge in [0.25, 0.3) is 5.91 Å². The number of rotatable bonds is 4. The number of aromatic nitrogens is 4. The monoisotopic (exact) mass is 339 g/mol. The van der Waals surface area contributed by atoms with E-state index >= 15 is 0 Å². The van der Waals surface area contributed by atoms with Crippen LogP contribution in [0.4, 0.5) is 0 Å². The van der Waals surface area contributed by atoms with E-state index in [-0.39, 0.29) is 17.9 Å². The zero-order valence-corrected chi connectivity index (χ0v) is 14.1. The van der Waals surface area contributed by atoms with Gasteiger partial charge in [-0.2, -0.15) is 0 Å². The van der Waals surface area contributed by atoms with Crippen molar-refractivity contribution in [3.05, 3.63) is 48.3 Å². The quantitative estimate of drug-likeness (QED) is 0.763. The number of ether oxygens (including phenoxy) is 1. The van der Waals surface area contributed by atoms with Gasteiger partial charge in [0.15, 0.2) is 0 Å². The van der Waals surface area contributed by atoms with Gasteiger partial charge in [0.2, 0.25) is 0 Å². The largest absolute Gasteiger partial charge is 0.370 e. The molecule has 0 radical (unpaired) electrons. The van der Waals surface area contributed by atoms with Gasteiger partial charge in [-0.1, -0.05) is 0 Å². The highest BCUT2D eigenvalue weighted by Crippen LogP contribution is 2.32. The van der Waals surface area contributed by atoms with Crippen LogP contribution >= 0.6 is 0 Å². The lowest BCUT2D eigenvalue weighted by Crippen LogP contribution is -2.36. The molecular weight excluding hydrogens is 318 g/mol. The first-order chi connectivity index (χ1) is 12.2. The van der Waals surface area contributed by atoms with Crippen molar-refractivity contribution < 1.29 is 9.53 Å². The first-order valence-electron chi connectivity index (χ1n) is 8.53. The highest BCUT2D eigenvalue weighted by molar-refractivity contribution is 5.97. The van der Waals surface area contributed by atoms with Crippen molar-refractivity contribution in [3.63, 3.8) is 0 Å². The van der Waals surface area contributed by atoms with Crippen LogP contribution in [0.25, 0.3) is 11.0 Å². The van der Waals surface area contributed by atoms with Gasteiger partial charge in [-0.15, -0.1) is 0 Å². The van der Waals surface area contributed by atoms with Crippen molar-refractivity contribution in [1.29, 1.82) is 0 Å². The van der Waals surface area contributed by atoms with Gasteiger partial charge < -0.3 is 19.6 Å². The Kier molecular flexibility index (Phi) is 4.23. The minimum atomic E-state index is -0.123. The van der Waals surface area contributed by atoms with Crippen LogP contribution in [-0.2, 0) is 11.8 Å². The maximum Gasteiger partial charge on any atom is 0.267 e. The third-order valence-corrected chi connectivity index (χ3v) is 4.72. The van der Waals surface area contributed by atoms with Crippen LogP contribution in [0.5, 0.6) is 0 Å². The molecule has 1 fully saturated rings. The number of amides is 1. The van der Waals surface area contributed by atoms with E-state index in [0.717, 1.165) is 36.3 Å². The molecule has 0 unspecified atom stereocenters. The molecule has 2 N–H and O–H groups in total. The fourth-order valence-electron chi connectivity index (χ4n) is 3.39. The highest BCUT2D eigenvalue weighted by atomic mass is 16.5. The van der Waals surface area contributed by atoms with E-state index in [1.807, 2.05) is 36.0 Å². The maximum absolute atomic E-state index is 12.5. The first-order valence-corrected chi connectivity index (χ1v) is 8.53. The number of fused-ring (bicyclic) bond motifs is 1. The smallest absolute Gasteiger partial charge is 0.267 e. The zero-order chi connectivity index (χ0) is 17.2. The van der Waals surface area contributed by atoms with Crippen LogP contribution in [0.2, 0.25) is 0 Å². The number of nitrogens with one attached hydrogen (secondary N) is 2. The molecule has 25 heavy (non-hydrogen) atoms. The molecule has 0 bridgehead atoms. The number of carbonyl (C=O) groups excluding carboxylic acids is 1. The summed E-state index contributed by atoms with van der Waals surface area (Å²) in [6.07, 6.45) is 7.32. The number of carbonyl (C=O) groups is 1. The lowest BCUT2D eigenvalue weighted by atomic mass is 9.93. The number of aryl methyl sites for hydroxylation is 1. The molecule has 4 rings (SSSR count). The van der Waals surface area contributed by atoms with E-state index in [1.54, 1.807) is 12.4 Å². The van der Waals surface area contributed by atoms with Crippen LogP contribution in [0.1, 0.15) is 35.3 Å². The third-order valence-electron chi connectivity index (χ3n) is 4.72. The summed E-state index contributed by atoms with van der Waals surface area (Å²) in [5, 5.41) is 3.96. The molecule has 1 saturated heterocycles. The summed E-state index contributed by atoms with van der Waals surface area (Å²) in [5.41, 5.74) is 1.25. The van der Waals surface area contributed by atoms with Gasteiger partial charge in [-0.3, -0.25) is 4.79 Å². The molecule has 7 heteroatoms. The molecule has 4 heterocycles. The topological polar surface area (TPSA) is 84.8 Å². The van der Waals surface area contributed by atoms with Gasteiger partial charge in [0, 0.05) is 50.1 Å². The predicted molar refractivity (Wildman–Crippen MR) is 93.1 cm³/mol. The number of H-pyrrole nitrogens is 1. The molecule has 0 aliphatic carbocycles. The molecule has 1 amide bonds. The highest BCUT2D eigenvalue weighted by Gasteiger charge is 2.30. The van der Waals surface area contributed by atoms with Gasteiger partial charge >= 0.3 is 0 Å². The molecule has 0 saturated carbocycles. The molecule has 1 aliphatic heterocycles. The molecule has 3 aromatic rings. The van der Waals surface area contributed by atoms with Crippen molar-refractivity contribution >= 4 is 16.9 Å². The summed E-state index contributed by atoms with van der Waals surface area (Å²) in [6.45, 7) is 1.29. The Hall–Kier alpha value is -2.67. The van der Waals surface area contributed by atoms with Gasteiger partial charge in [0.05, 0.1) is 0 Å². The Labute approximate surface area is 145 Å². The van der Waals surface area contributed by atoms with E-state index in [0.29, 0.717) is 12.2 Å². The SMILES string of the molecule is Cn1ccnc1[C@@H]1OCCC[C@H]1CNC(=O)c1cc2cccnc2[nH]1. The molecule has 1 aliphatic rings. The number of imidazole rings is 1. The minimum absolute atomic E-state index is 0.0848. The maximum atomic E-state index is 12.5. The van der Waals surface area contributed by atoms with Crippen LogP contribution < -0.4 is 5.32 Å². The summed E-state index contributed by atoms with van der Waals surface area (Å²) >= 11 is 0. The second-order valence-corrected chi connectivity index (χ2v) is 6.42. The summed E-state index contributed by atoms with van der Waals surface area (Å²) in [7, 11) is 1.97. The molecule has 7 nitrogen and oxygen atoms in total. The van der Waals surface area contributed by atoms with Crippen molar-refractivity contribution in [1.82, 2.24) is 24.8 Å². The first kappa shape index (κ1) is 15.8. The third kappa shape index (κ3) is 3.15. The molecule has 2 atom stereocenters. The number of aromatic amines is 1. The lowest BCUT2D eigenvalue weighted by molar-refractivity contribution is -0.0337. The van der Waals surface area contributed by atoms with Crippen molar-refractivity contribution in [3.8, 4) is 0 Å². The van der Waals surface area contributed by atoms with E-state index in [9.17, 15) is 4.79 Å². The van der Waals surface area contributed by atoms with E-state index < -0.39 is 0 Å². The average Bonchev–Trinajstić information content (AvgIpc) is 3.26. The van der Waals surface area contributed by atoms with E-state index in [1.165, 1.54) is 0 Å². The van der Waals surface area contributed by atoms with E-state index in [4.69, 9.17) is 4.74 Å². The Morgan fingerprint density at radius 1 is 1.44 bits per heavy atom. The van der Waals surface area contributed by atoms with E-state index in [2.05, 4.69) is 20.3 Å². The molecule has 130 valence electrons. The van der Waals surface area contributed by atoms with Crippen molar-refractivity contribution in [2.75, 3.05) is 13.2 Å². The number of hydrogen-bond donors (Lipinski definition) is 2. The Morgan fingerprint density at radius 3 is 3.16 bits per heavy atom. The van der Waals surface area contributed by atoms with Crippen LogP contribution in [0.3, 0.4) is 0 Å². The second kappa shape index (κ2) is 6.68. The molecule has 0 spiro atoms. The number of nitrogens with zero attached hydrogens (tertiary/aromatic N) is 3. The minimum Gasteiger partial charge on any atom is -0.370 e. The second-order valence-electron chi connectivity index (χ2n) is 6.42. The Bertz CT molecular complexity index is 851. The summed E-state index contributed by atoms with van der Waals surface area (Å²) in [4.78, 5) is 24.2. The van der Waals surface area contributed by atoms with Crippen LogP contribution in [-0.4, -0.2) is 38.6 Å². The molecule has 0 aromatic carbocycles. The summed E-state index contributed by atoms with van der Waals surface area (Å²) in [6, 6.07) is 5.61.